The normalized spacial score (nSPS) is 10.3. The predicted octanol–water partition coefficient (Wildman–Crippen LogP) is 2.27. The molecule has 0 aliphatic heterocycles. The van der Waals surface area contributed by atoms with Gasteiger partial charge in [0, 0.05) is 37.1 Å². The number of aromatic nitrogens is 2. The molecule has 0 fully saturated rings. The Morgan fingerprint density at radius 2 is 2.33 bits per heavy atom. The summed E-state index contributed by atoms with van der Waals surface area (Å²) in [5, 5.41) is 12.3. The van der Waals surface area contributed by atoms with Gasteiger partial charge in [-0.15, -0.1) is 0 Å². The molecular formula is C12H12ClN3O2. The lowest BCUT2D eigenvalue weighted by atomic mass is 10.3. The highest BCUT2D eigenvalue weighted by Crippen LogP contribution is 2.26. The van der Waals surface area contributed by atoms with Crippen molar-refractivity contribution >= 4 is 23.2 Å². The van der Waals surface area contributed by atoms with Crippen molar-refractivity contribution in [3.63, 3.8) is 0 Å². The standard InChI is InChI=1S/C12H12ClN3O2/c13-10-2-1-9(7-11(10)17)15-12(18)3-5-16-6-4-14-8-16/h1-2,4,6-8,17H,3,5H2,(H,15,18). The maximum absolute atomic E-state index is 11.6. The van der Waals surface area contributed by atoms with Crippen LogP contribution in [0.25, 0.3) is 0 Å². The zero-order valence-electron chi connectivity index (χ0n) is 9.51. The highest BCUT2D eigenvalue weighted by molar-refractivity contribution is 6.32. The molecule has 0 atom stereocenters. The Bertz CT molecular complexity index is 540. The fraction of sp³-hybridized carbons (Fsp3) is 0.167. The molecule has 1 aromatic heterocycles. The number of carbonyl (C=O) groups is 1. The summed E-state index contributed by atoms with van der Waals surface area (Å²) < 4.78 is 1.82. The minimum Gasteiger partial charge on any atom is -0.506 e. The lowest BCUT2D eigenvalue weighted by molar-refractivity contribution is -0.116. The fourth-order valence-electron chi connectivity index (χ4n) is 1.46. The molecule has 0 aliphatic rings. The second kappa shape index (κ2) is 5.55. The minimum atomic E-state index is -0.134. The maximum Gasteiger partial charge on any atom is 0.226 e. The minimum absolute atomic E-state index is 0.0518. The Morgan fingerprint density at radius 1 is 1.50 bits per heavy atom. The van der Waals surface area contributed by atoms with Crippen molar-refractivity contribution in [2.45, 2.75) is 13.0 Å². The Morgan fingerprint density at radius 3 is 3.00 bits per heavy atom. The highest BCUT2D eigenvalue weighted by atomic mass is 35.5. The van der Waals surface area contributed by atoms with Gasteiger partial charge in [0.05, 0.1) is 11.3 Å². The molecule has 0 aliphatic carbocycles. The zero-order chi connectivity index (χ0) is 13.0. The van der Waals surface area contributed by atoms with E-state index in [0.29, 0.717) is 18.7 Å². The SMILES string of the molecule is O=C(CCn1ccnc1)Nc1ccc(Cl)c(O)c1. The molecular weight excluding hydrogens is 254 g/mol. The summed E-state index contributed by atoms with van der Waals surface area (Å²) in [4.78, 5) is 15.5. The summed E-state index contributed by atoms with van der Waals surface area (Å²) in [5.41, 5.74) is 0.521. The van der Waals surface area contributed by atoms with Crippen molar-refractivity contribution < 1.29 is 9.90 Å². The molecule has 18 heavy (non-hydrogen) atoms. The molecule has 1 heterocycles. The number of carbonyl (C=O) groups excluding carboxylic acids is 1. The second-order valence-corrected chi connectivity index (χ2v) is 4.17. The van der Waals surface area contributed by atoms with E-state index in [0.717, 1.165) is 0 Å². The van der Waals surface area contributed by atoms with E-state index in [1.54, 1.807) is 24.8 Å². The summed E-state index contributed by atoms with van der Waals surface area (Å²) in [7, 11) is 0. The van der Waals surface area contributed by atoms with Crippen molar-refractivity contribution in [2.24, 2.45) is 0 Å². The van der Waals surface area contributed by atoms with Gasteiger partial charge in [-0.25, -0.2) is 4.98 Å². The summed E-state index contributed by atoms with van der Waals surface area (Å²) in [6, 6.07) is 4.58. The molecule has 0 unspecified atom stereocenters. The highest BCUT2D eigenvalue weighted by Gasteiger charge is 2.05. The van der Waals surface area contributed by atoms with Crippen molar-refractivity contribution in [1.29, 1.82) is 0 Å². The molecule has 1 amide bonds. The molecule has 5 nitrogen and oxygen atoms in total. The average Bonchev–Trinajstić information content (AvgIpc) is 2.84. The molecule has 0 radical (unpaired) electrons. The van der Waals surface area contributed by atoms with Crippen LogP contribution in [-0.2, 0) is 11.3 Å². The van der Waals surface area contributed by atoms with Gasteiger partial charge in [0.25, 0.3) is 0 Å². The third-order valence-corrected chi connectivity index (χ3v) is 2.71. The third-order valence-electron chi connectivity index (χ3n) is 2.39. The van der Waals surface area contributed by atoms with E-state index >= 15 is 0 Å². The zero-order valence-corrected chi connectivity index (χ0v) is 10.3. The van der Waals surface area contributed by atoms with Gasteiger partial charge in [0.15, 0.2) is 0 Å². The molecule has 2 rings (SSSR count). The fourth-order valence-corrected chi connectivity index (χ4v) is 1.58. The first-order valence-electron chi connectivity index (χ1n) is 5.39. The first kappa shape index (κ1) is 12.4. The number of halogens is 1. The van der Waals surface area contributed by atoms with E-state index in [1.165, 1.54) is 12.1 Å². The molecule has 0 saturated heterocycles. The average molecular weight is 266 g/mol. The van der Waals surface area contributed by atoms with Gasteiger partial charge in [-0.1, -0.05) is 11.6 Å². The van der Waals surface area contributed by atoms with Crippen molar-refractivity contribution in [3.8, 4) is 5.75 Å². The number of hydrogen-bond acceptors (Lipinski definition) is 3. The smallest absolute Gasteiger partial charge is 0.226 e. The summed E-state index contributed by atoms with van der Waals surface area (Å²) in [6.07, 6.45) is 5.44. The molecule has 0 spiro atoms. The van der Waals surface area contributed by atoms with Gasteiger partial charge in [0.1, 0.15) is 5.75 Å². The monoisotopic (exact) mass is 265 g/mol. The van der Waals surface area contributed by atoms with Gasteiger partial charge < -0.3 is 15.0 Å². The Balaban J connectivity index is 1.88. The van der Waals surface area contributed by atoms with Crippen LogP contribution in [0.1, 0.15) is 6.42 Å². The molecule has 0 bridgehead atoms. The molecule has 2 aromatic rings. The first-order valence-corrected chi connectivity index (χ1v) is 5.77. The Hall–Kier alpha value is -2.01. The van der Waals surface area contributed by atoms with E-state index in [-0.39, 0.29) is 16.7 Å². The molecule has 0 saturated carbocycles. The van der Waals surface area contributed by atoms with Crippen LogP contribution in [0.4, 0.5) is 5.69 Å². The second-order valence-electron chi connectivity index (χ2n) is 3.76. The number of phenolic OH excluding ortho intramolecular Hbond substituents is 1. The quantitative estimate of drug-likeness (QED) is 0.891. The van der Waals surface area contributed by atoms with Crippen molar-refractivity contribution in [3.05, 3.63) is 41.9 Å². The van der Waals surface area contributed by atoms with Gasteiger partial charge in [-0.05, 0) is 12.1 Å². The van der Waals surface area contributed by atoms with Crippen LogP contribution in [0, 0.1) is 0 Å². The number of imidazole rings is 1. The molecule has 6 heteroatoms. The lowest BCUT2D eigenvalue weighted by Gasteiger charge is -2.06. The van der Waals surface area contributed by atoms with Gasteiger partial charge in [0.2, 0.25) is 5.91 Å². The number of benzene rings is 1. The van der Waals surface area contributed by atoms with E-state index < -0.39 is 0 Å². The third kappa shape index (κ3) is 3.24. The number of aryl methyl sites for hydroxylation is 1. The number of anilines is 1. The molecule has 94 valence electrons. The van der Waals surface area contributed by atoms with Crippen LogP contribution in [0.5, 0.6) is 5.75 Å². The van der Waals surface area contributed by atoms with Crippen molar-refractivity contribution in [2.75, 3.05) is 5.32 Å². The molecule has 2 N–H and O–H groups in total. The van der Waals surface area contributed by atoms with E-state index in [4.69, 9.17) is 11.6 Å². The van der Waals surface area contributed by atoms with Crippen LogP contribution >= 0.6 is 11.6 Å². The van der Waals surface area contributed by atoms with Gasteiger partial charge in [-0.3, -0.25) is 4.79 Å². The predicted molar refractivity (Wildman–Crippen MR) is 68.6 cm³/mol. The van der Waals surface area contributed by atoms with E-state index in [1.807, 2.05) is 4.57 Å². The Kier molecular flexibility index (Phi) is 3.84. The van der Waals surface area contributed by atoms with E-state index in [9.17, 15) is 9.90 Å². The van der Waals surface area contributed by atoms with Crippen LogP contribution in [0.2, 0.25) is 5.02 Å². The number of hydrogen-bond donors (Lipinski definition) is 2. The summed E-state index contributed by atoms with van der Waals surface area (Å²) in [5.74, 6) is -0.186. The number of phenols is 1. The number of aromatic hydroxyl groups is 1. The van der Waals surface area contributed by atoms with Crippen molar-refractivity contribution in [1.82, 2.24) is 9.55 Å². The van der Waals surface area contributed by atoms with Crippen LogP contribution in [-0.4, -0.2) is 20.6 Å². The lowest BCUT2D eigenvalue weighted by Crippen LogP contribution is -2.13. The summed E-state index contributed by atoms with van der Waals surface area (Å²) >= 11 is 5.67. The largest absolute Gasteiger partial charge is 0.506 e. The van der Waals surface area contributed by atoms with Crippen LogP contribution < -0.4 is 5.32 Å². The maximum atomic E-state index is 11.6. The molecule has 1 aromatic carbocycles. The van der Waals surface area contributed by atoms with Gasteiger partial charge >= 0.3 is 0 Å². The number of nitrogens with one attached hydrogen (secondary N) is 1. The first-order chi connectivity index (χ1) is 8.65. The van der Waals surface area contributed by atoms with Crippen LogP contribution in [0.3, 0.4) is 0 Å². The number of amides is 1. The number of rotatable bonds is 4. The topological polar surface area (TPSA) is 67.2 Å². The summed E-state index contributed by atoms with van der Waals surface area (Å²) in [6.45, 7) is 0.561. The van der Waals surface area contributed by atoms with Crippen LogP contribution in [0.15, 0.2) is 36.9 Å². The van der Waals surface area contributed by atoms with Gasteiger partial charge in [-0.2, -0.15) is 0 Å². The Labute approximate surface area is 109 Å². The number of nitrogens with zero attached hydrogens (tertiary/aromatic N) is 2. The van der Waals surface area contributed by atoms with E-state index in [2.05, 4.69) is 10.3 Å².